The van der Waals surface area contributed by atoms with Gasteiger partial charge >= 0.3 is 0 Å². The quantitative estimate of drug-likeness (QED) is 0.511. The summed E-state index contributed by atoms with van der Waals surface area (Å²) < 4.78 is 0. The van der Waals surface area contributed by atoms with Gasteiger partial charge in [-0.1, -0.05) is 54.6 Å². The molecule has 5 rings (SSSR count). The number of para-hydroxylation sites is 1. The summed E-state index contributed by atoms with van der Waals surface area (Å²) in [7, 11) is 0. The van der Waals surface area contributed by atoms with Crippen molar-refractivity contribution in [1.82, 2.24) is 14.9 Å². The molecule has 1 unspecified atom stereocenters. The molecule has 0 bridgehead atoms. The van der Waals surface area contributed by atoms with Crippen molar-refractivity contribution in [2.75, 3.05) is 31.1 Å². The van der Waals surface area contributed by atoms with E-state index in [0.717, 1.165) is 54.0 Å². The third kappa shape index (κ3) is 3.48. The second-order valence-electron chi connectivity index (χ2n) is 7.64. The highest BCUT2D eigenvalue weighted by Crippen LogP contribution is 2.30. The lowest BCUT2D eigenvalue weighted by Crippen LogP contribution is -2.49. The number of rotatable bonds is 5. The van der Waals surface area contributed by atoms with Crippen LogP contribution in [0.3, 0.4) is 0 Å². The average Bonchev–Trinajstić information content (AvgIpc) is 3.25. The van der Waals surface area contributed by atoms with Gasteiger partial charge in [-0.3, -0.25) is 9.69 Å². The molecule has 3 heterocycles. The number of carbonyl (C=O) groups excluding carboxylic acids is 1. The Morgan fingerprint density at radius 2 is 1.60 bits per heavy atom. The van der Waals surface area contributed by atoms with Gasteiger partial charge in [0.15, 0.2) is 5.78 Å². The van der Waals surface area contributed by atoms with Gasteiger partial charge in [0.2, 0.25) is 0 Å². The SMILES string of the molecule is O=C(c1c[nH]c2ccccc12)C(c1ccccc1)N1CCN(c2ccccn2)CC1. The van der Waals surface area contributed by atoms with Crippen molar-refractivity contribution >= 4 is 22.5 Å². The maximum atomic E-state index is 13.8. The van der Waals surface area contributed by atoms with Gasteiger partial charge in [0.25, 0.3) is 0 Å². The van der Waals surface area contributed by atoms with Crippen LogP contribution in [-0.2, 0) is 0 Å². The van der Waals surface area contributed by atoms with Crippen LogP contribution in [0.1, 0.15) is 22.0 Å². The fraction of sp³-hybridized carbons (Fsp3) is 0.200. The molecule has 0 spiro atoms. The van der Waals surface area contributed by atoms with E-state index in [4.69, 9.17) is 0 Å². The number of piperazine rings is 1. The minimum absolute atomic E-state index is 0.143. The largest absolute Gasteiger partial charge is 0.360 e. The Morgan fingerprint density at radius 3 is 2.37 bits per heavy atom. The number of hydrogen-bond acceptors (Lipinski definition) is 4. The van der Waals surface area contributed by atoms with Crippen molar-refractivity contribution < 1.29 is 4.79 Å². The molecule has 0 amide bonds. The Morgan fingerprint density at radius 1 is 0.867 bits per heavy atom. The molecule has 1 N–H and O–H groups in total. The zero-order valence-electron chi connectivity index (χ0n) is 16.7. The maximum absolute atomic E-state index is 13.8. The van der Waals surface area contributed by atoms with Crippen LogP contribution in [0.5, 0.6) is 0 Å². The highest BCUT2D eigenvalue weighted by atomic mass is 16.1. The Labute approximate surface area is 176 Å². The van der Waals surface area contributed by atoms with E-state index in [1.165, 1.54) is 0 Å². The van der Waals surface area contributed by atoms with Crippen molar-refractivity contribution in [3.05, 3.63) is 96.3 Å². The molecule has 5 heteroatoms. The van der Waals surface area contributed by atoms with E-state index in [1.54, 1.807) is 0 Å². The number of H-pyrrole nitrogens is 1. The summed E-state index contributed by atoms with van der Waals surface area (Å²) in [5.41, 5.74) is 2.79. The monoisotopic (exact) mass is 396 g/mol. The summed E-state index contributed by atoms with van der Waals surface area (Å²) in [5, 5.41) is 0.982. The van der Waals surface area contributed by atoms with E-state index < -0.39 is 0 Å². The van der Waals surface area contributed by atoms with Gasteiger partial charge in [-0.15, -0.1) is 0 Å². The molecular formula is C25H24N4O. The highest BCUT2D eigenvalue weighted by molar-refractivity contribution is 6.10. The zero-order valence-corrected chi connectivity index (χ0v) is 16.7. The first-order valence-corrected chi connectivity index (χ1v) is 10.4. The standard InChI is InChI=1S/C25H24N4O/c30-25(21-18-27-22-11-5-4-10-20(21)22)24(19-8-2-1-3-9-19)29-16-14-28(15-17-29)23-12-6-7-13-26-23/h1-13,18,24,27H,14-17H2. The molecule has 2 aromatic heterocycles. The average molecular weight is 396 g/mol. The number of aromatic amines is 1. The zero-order chi connectivity index (χ0) is 20.3. The van der Waals surface area contributed by atoms with Gasteiger partial charge in [0.1, 0.15) is 5.82 Å². The first-order chi connectivity index (χ1) is 14.8. The van der Waals surface area contributed by atoms with Crippen molar-refractivity contribution in [1.29, 1.82) is 0 Å². The van der Waals surface area contributed by atoms with E-state index in [1.807, 2.05) is 73.1 Å². The van der Waals surface area contributed by atoms with E-state index in [-0.39, 0.29) is 11.8 Å². The number of Topliss-reactive ketones (excluding diaryl/α,β-unsaturated/α-hetero) is 1. The van der Waals surface area contributed by atoms with E-state index >= 15 is 0 Å². The number of benzene rings is 2. The molecule has 150 valence electrons. The number of anilines is 1. The van der Waals surface area contributed by atoms with E-state index in [9.17, 15) is 4.79 Å². The molecule has 1 aliphatic heterocycles. The summed E-state index contributed by atoms with van der Waals surface area (Å²) in [6.07, 6.45) is 3.68. The Balaban J connectivity index is 1.44. The number of fused-ring (bicyclic) bond motifs is 1. The molecule has 1 saturated heterocycles. The van der Waals surface area contributed by atoms with Crippen LogP contribution in [0.4, 0.5) is 5.82 Å². The van der Waals surface area contributed by atoms with Crippen LogP contribution in [0.15, 0.2) is 85.2 Å². The maximum Gasteiger partial charge on any atom is 0.186 e. The molecule has 2 aromatic carbocycles. The molecule has 0 radical (unpaired) electrons. The number of carbonyl (C=O) groups is 1. The van der Waals surface area contributed by atoms with Crippen LogP contribution in [0.2, 0.25) is 0 Å². The number of nitrogens with one attached hydrogen (secondary N) is 1. The second kappa shape index (κ2) is 8.13. The lowest BCUT2D eigenvalue weighted by atomic mass is 9.95. The minimum atomic E-state index is -0.295. The lowest BCUT2D eigenvalue weighted by molar-refractivity contribution is 0.0808. The molecule has 1 aliphatic rings. The first-order valence-electron chi connectivity index (χ1n) is 10.4. The van der Waals surface area contributed by atoms with Crippen molar-refractivity contribution in [2.45, 2.75) is 6.04 Å². The first kappa shape index (κ1) is 18.6. The van der Waals surface area contributed by atoms with Gasteiger partial charge in [-0.2, -0.15) is 0 Å². The van der Waals surface area contributed by atoms with Gasteiger partial charge in [0.05, 0.1) is 6.04 Å². The van der Waals surface area contributed by atoms with Gasteiger partial charge < -0.3 is 9.88 Å². The predicted molar refractivity (Wildman–Crippen MR) is 120 cm³/mol. The van der Waals surface area contributed by atoms with Gasteiger partial charge in [-0.25, -0.2) is 4.98 Å². The second-order valence-corrected chi connectivity index (χ2v) is 7.64. The number of pyridine rings is 1. The number of hydrogen-bond donors (Lipinski definition) is 1. The van der Waals surface area contributed by atoms with Crippen molar-refractivity contribution in [3.8, 4) is 0 Å². The Hall–Kier alpha value is -3.44. The summed E-state index contributed by atoms with van der Waals surface area (Å²) in [4.78, 5) is 26.1. The van der Waals surface area contributed by atoms with Crippen LogP contribution >= 0.6 is 0 Å². The molecule has 4 aromatic rings. The summed E-state index contributed by atoms with van der Waals surface area (Å²) in [6.45, 7) is 3.32. The topological polar surface area (TPSA) is 52.2 Å². The molecule has 0 saturated carbocycles. The van der Waals surface area contributed by atoms with Crippen LogP contribution in [0.25, 0.3) is 10.9 Å². The van der Waals surface area contributed by atoms with Crippen LogP contribution in [-0.4, -0.2) is 46.8 Å². The fourth-order valence-electron chi connectivity index (χ4n) is 4.34. The number of aromatic nitrogens is 2. The highest BCUT2D eigenvalue weighted by Gasteiger charge is 2.32. The third-order valence-electron chi connectivity index (χ3n) is 5.87. The third-order valence-corrected chi connectivity index (χ3v) is 5.87. The van der Waals surface area contributed by atoms with E-state index in [2.05, 4.69) is 31.9 Å². The van der Waals surface area contributed by atoms with Crippen LogP contribution < -0.4 is 4.90 Å². The summed E-state index contributed by atoms with van der Waals surface area (Å²) in [6, 6.07) is 23.8. The predicted octanol–water partition coefficient (Wildman–Crippen LogP) is 4.31. The molecule has 30 heavy (non-hydrogen) atoms. The Kier molecular flexibility index (Phi) is 5.03. The fourth-order valence-corrected chi connectivity index (χ4v) is 4.34. The Bertz CT molecular complexity index is 1130. The minimum Gasteiger partial charge on any atom is -0.360 e. The molecular weight excluding hydrogens is 372 g/mol. The molecule has 0 aliphatic carbocycles. The van der Waals surface area contributed by atoms with Crippen LogP contribution in [0, 0.1) is 0 Å². The van der Waals surface area contributed by atoms with Gasteiger partial charge in [0, 0.05) is 55.0 Å². The smallest absolute Gasteiger partial charge is 0.186 e. The lowest BCUT2D eigenvalue weighted by Gasteiger charge is -2.39. The summed E-state index contributed by atoms with van der Waals surface area (Å²) >= 11 is 0. The summed E-state index contributed by atoms with van der Waals surface area (Å²) in [5.74, 6) is 1.14. The number of nitrogens with zero attached hydrogens (tertiary/aromatic N) is 3. The van der Waals surface area contributed by atoms with E-state index in [0.29, 0.717) is 0 Å². The molecule has 5 nitrogen and oxygen atoms in total. The van der Waals surface area contributed by atoms with Crippen molar-refractivity contribution in [2.24, 2.45) is 0 Å². The van der Waals surface area contributed by atoms with Gasteiger partial charge in [-0.05, 0) is 23.8 Å². The molecule has 1 atom stereocenters. The normalized spacial score (nSPS) is 15.9. The molecule has 1 fully saturated rings. The van der Waals surface area contributed by atoms with Crippen molar-refractivity contribution in [3.63, 3.8) is 0 Å². The number of ketones is 1.